The van der Waals surface area contributed by atoms with Gasteiger partial charge >= 0.3 is 11.7 Å². The number of amides is 1. The Hall–Kier alpha value is -4.73. The Morgan fingerprint density at radius 3 is 2.46 bits per heavy atom. The summed E-state index contributed by atoms with van der Waals surface area (Å²) in [7, 11) is 0. The SMILES string of the molecule is CCOc1cc(C=NNC(=O)COc2ccccc2[N+](=O)[O-])ccc1OC(=O)c1ccc(C)cc1. The molecule has 0 radical (unpaired) electrons. The molecule has 1 amide bonds. The molecular weight excluding hydrogens is 454 g/mol. The van der Waals surface area contributed by atoms with E-state index in [0.29, 0.717) is 23.5 Å². The Kier molecular flexibility index (Phi) is 8.49. The van der Waals surface area contributed by atoms with E-state index in [-0.39, 0.29) is 17.2 Å². The van der Waals surface area contributed by atoms with Crippen LogP contribution in [0.2, 0.25) is 0 Å². The zero-order valence-electron chi connectivity index (χ0n) is 19.1. The van der Waals surface area contributed by atoms with Gasteiger partial charge in [0.1, 0.15) is 0 Å². The lowest BCUT2D eigenvalue weighted by Gasteiger charge is -2.11. The molecule has 0 saturated carbocycles. The minimum atomic E-state index is -0.604. The van der Waals surface area contributed by atoms with Gasteiger partial charge in [-0.2, -0.15) is 5.10 Å². The second-order valence-corrected chi connectivity index (χ2v) is 7.20. The number of carbonyl (C=O) groups excluding carboxylic acids is 2. The summed E-state index contributed by atoms with van der Waals surface area (Å²) in [5.41, 5.74) is 4.06. The molecule has 0 saturated heterocycles. The van der Waals surface area contributed by atoms with Gasteiger partial charge in [0.05, 0.1) is 23.3 Å². The van der Waals surface area contributed by atoms with Gasteiger partial charge in [-0.1, -0.05) is 29.8 Å². The highest BCUT2D eigenvalue weighted by Gasteiger charge is 2.15. The summed E-state index contributed by atoms with van der Waals surface area (Å²) in [4.78, 5) is 34.8. The van der Waals surface area contributed by atoms with E-state index in [1.54, 1.807) is 43.3 Å². The van der Waals surface area contributed by atoms with Crippen LogP contribution < -0.4 is 19.6 Å². The van der Waals surface area contributed by atoms with E-state index >= 15 is 0 Å². The maximum absolute atomic E-state index is 12.4. The summed E-state index contributed by atoms with van der Waals surface area (Å²) in [5.74, 6) is -0.556. The Balaban J connectivity index is 1.60. The van der Waals surface area contributed by atoms with Crippen molar-refractivity contribution in [3.05, 3.63) is 93.5 Å². The standard InChI is InChI=1S/C25H23N3O7/c1-3-33-23-14-18(10-13-22(23)35-25(30)19-11-8-17(2)9-12-19)15-26-27-24(29)16-34-21-7-5-4-6-20(21)28(31)32/h4-15H,3,16H2,1-2H3,(H,27,29). The van der Waals surface area contributed by atoms with Crippen LogP contribution >= 0.6 is 0 Å². The number of hydrogen-bond acceptors (Lipinski definition) is 8. The number of nitro groups is 1. The van der Waals surface area contributed by atoms with Crippen molar-refractivity contribution in [1.29, 1.82) is 0 Å². The van der Waals surface area contributed by atoms with E-state index in [2.05, 4.69) is 10.5 Å². The molecule has 10 nitrogen and oxygen atoms in total. The van der Waals surface area contributed by atoms with E-state index in [9.17, 15) is 19.7 Å². The first-order chi connectivity index (χ1) is 16.9. The van der Waals surface area contributed by atoms with Crippen LogP contribution in [-0.4, -0.2) is 36.2 Å². The van der Waals surface area contributed by atoms with E-state index in [4.69, 9.17) is 14.2 Å². The summed E-state index contributed by atoms with van der Waals surface area (Å²) in [6, 6.07) is 17.6. The van der Waals surface area contributed by atoms with E-state index in [1.807, 2.05) is 19.1 Å². The second-order valence-electron chi connectivity index (χ2n) is 7.20. The number of nitrogens with zero attached hydrogens (tertiary/aromatic N) is 2. The van der Waals surface area contributed by atoms with Crippen LogP contribution in [0, 0.1) is 17.0 Å². The molecule has 0 spiro atoms. The largest absolute Gasteiger partial charge is 0.490 e. The molecule has 3 aromatic rings. The smallest absolute Gasteiger partial charge is 0.343 e. The molecule has 10 heteroatoms. The topological polar surface area (TPSA) is 129 Å². The average Bonchev–Trinajstić information content (AvgIpc) is 2.85. The van der Waals surface area contributed by atoms with E-state index in [0.717, 1.165) is 5.56 Å². The van der Waals surface area contributed by atoms with Gasteiger partial charge in [0, 0.05) is 6.07 Å². The lowest BCUT2D eigenvalue weighted by Crippen LogP contribution is -2.24. The maximum atomic E-state index is 12.4. The van der Waals surface area contributed by atoms with Crippen molar-refractivity contribution in [2.45, 2.75) is 13.8 Å². The van der Waals surface area contributed by atoms with Crippen molar-refractivity contribution in [3.8, 4) is 17.2 Å². The van der Waals surface area contributed by atoms with Crippen LogP contribution in [0.1, 0.15) is 28.4 Å². The third-order valence-electron chi connectivity index (χ3n) is 4.58. The summed E-state index contributed by atoms with van der Waals surface area (Å²) in [6.45, 7) is 3.60. The number of aryl methyl sites for hydroxylation is 1. The number of esters is 1. The normalized spacial score (nSPS) is 10.6. The van der Waals surface area contributed by atoms with Crippen molar-refractivity contribution in [2.24, 2.45) is 5.10 Å². The molecule has 180 valence electrons. The highest BCUT2D eigenvalue weighted by atomic mass is 16.6. The number of nitro benzene ring substituents is 1. The lowest BCUT2D eigenvalue weighted by molar-refractivity contribution is -0.385. The fourth-order valence-corrected chi connectivity index (χ4v) is 2.89. The molecule has 0 aromatic heterocycles. The van der Waals surface area contributed by atoms with Crippen LogP contribution in [-0.2, 0) is 4.79 Å². The van der Waals surface area contributed by atoms with E-state index < -0.39 is 23.4 Å². The average molecular weight is 477 g/mol. The lowest BCUT2D eigenvalue weighted by atomic mass is 10.1. The van der Waals surface area contributed by atoms with Crippen molar-refractivity contribution in [3.63, 3.8) is 0 Å². The Morgan fingerprint density at radius 2 is 1.74 bits per heavy atom. The highest BCUT2D eigenvalue weighted by molar-refractivity contribution is 5.91. The molecule has 3 rings (SSSR count). The maximum Gasteiger partial charge on any atom is 0.343 e. The molecule has 0 bridgehead atoms. The van der Waals surface area contributed by atoms with Crippen LogP contribution in [0.15, 0.2) is 71.8 Å². The third-order valence-corrected chi connectivity index (χ3v) is 4.58. The summed E-state index contributed by atoms with van der Waals surface area (Å²) in [5, 5.41) is 14.9. The molecule has 0 aliphatic rings. The van der Waals surface area contributed by atoms with Crippen LogP contribution in [0.4, 0.5) is 5.69 Å². The Bertz CT molecular complexity index is 1240. The molecule has 0 unspecified atom stereocenters. The van der Waals surface area contributed by atoms with Crippen molar-refractivity contribution in [2.75, 3.05) is 13.2 Å². The second kappa shape index (κ2) is 11.9. The van der Waals surface area contributed by atoms with Gasteiger partial charge in [0.25, 0.3) is 5.91 Å². The zero-order valence-corrected chi connectivity index (χ0v) is 19.1. The zero-order chi connectivity index (χ0) is 25.2. The molecule has 35 heavy (non-hydrogen) atoms. The number of para-hydroxylation sites is 2. The van der Waals surface area contributed by atoms with Crippen molar-refractivity contribution < 1.29 is 28.7 Å². The molecule has 0 atom stereocenters. The first kappa shape index (κ1) is 24.9. The van der Waals surface area contributed by atoms with Gasteiger partial charge in [-0.05, 0) is 55.8 Å². The van der Waals surface area contributed by atoms with Gasteiger partial charge in [0.15, 0.2) is 23.9 Å². The van der Waals surface area contributed by atoms with Crippen LogP contribution in [0.5, 0.6) is 17.2 Å². The first-order valence-electron chi connectivity index (χ1n) is 10.6. The predicted octanol–water partition coefficient (Wildman–Crippen LogP) is 4.05. The van der Waals surface area contributed by atoms with Crippen molar-refractivity contribution >= 4 is 23.8 Å². The highest BCUT2D eigenvalue weighted by Crippen LogP contribution is 2.29. The van der Waals surface area contributed by atoms with Gasteiger partial charge < -0.3 is 14.2 Å². The van der Waals surface area contributed by atoms with Gasteiger partial charge in [0.2, 0.25) is 0 Å². The molecule has 0 aliphatic heterocycles. The van der Waals surface area contributed by atoms with Gasteiger partial charge in [-0.3, -0.25) is 14.9 Å². The molecular formula is C25H23N3O7. The number of ether oxygens (including phenoxy) is 3. The Labute approximate surface area is 201 Å². The summed E-state index contributed by atoms with van der Waals surface area (Å²) in [6.07, 6.45) is 1.37. The number of hydrazone groups is 1. The Morgan fingerprint density at radius 1 is 1.00 bits per heavy atom. The summed E-state index contributed by atoms with van der Waals surface area (Å²) >= 11 is 0. The van der Waals surface area contributed by atoms with Crippen LogP contribution in [0.25, 0.3) is 0 Å². The number of benzene rings is 3. The van der Waals surface area contributed by atoms with Gasteiger partial charge in [-0.15, -0.1) is 0 Å². The fourth-order valence-electron chi connectivity index (χ4n) is 2.89. The molecule has 3 aromatic carbocycles. The molecule has 0 heterocycles. The quantitative estimate of drug-likeness (QED) is 0.153. The monoisotopic (exact) mass is 477 g/mol. The number of nitrogens with one attached hydrogen (secondary N) is 1. The van der Waals surface area contributed by atoms with Crippen LogP contribution in [0.3, 0.4) is 0 Å². The number of rotatable bonds is 10. The first-order valence-corrected chi connectivity index (χ1v) is 10.6. The summed E-state index contributed by atoms with van der Waals surface area (Å²) < 4.78 is 16.3. The minimum absolute atomic E-state index is 0.0197. The minimum Gasteiger partial charge on any atom is -0.490 e. The number of carbonyl (C=O) groups is 2. The predicted molar refractivity (Wildman–Crippen MR) is 128 cm³/mol. The van der Waals surface area contributed by atoms with Gasteiger partial charge in [-0.25, -0.2) is 10.2 Å². The molecule has 1 N–H and O–H groups in total. The number of hydrogen-bond donors (Lipinski definition) is 1. The molecule has 0 fully saturated rings. The molecule has 0 aliphatic carbocycles. The van der Waals surface area contributed by atoms with E-state index in [1.165, 1.54) is 24.4 Å². The fraction of sp³-hybridized carbons (Fsp3) is 0.160. The third kappa shape index (κ3) is 7.13. The van der Waals surface area contributed by atoms with Crippen molar-refractivity contribution in [1.82, 2.24) is 5.43 Å².